The van der Waals surface area contributed by atoms with Crippen molar-refractivity contribution in [1.82, 2.24) is 0 Å². The monoisotopic (exact) mass is 336 g/mol. The van der Waals surface area contributed by atoms with E-state index in [1.165, 1.54) is 32.3 Å². The lowest BCUT2D eigenvalue weighted by Gasteiger charge is -2.25. The van der Waals surface area contributed by atoms with Crippen LogP contribution in [0, 0.1) is 0 Å². The van der Waals surface area contributed by atoms with E-state index in [1.807, 2.05) is 18.2 Å². The maximum absolute atomic E-state index is 10.6. The first-order chi connectivity index (χ1) is 12.7. The molecule has 2 nitrogen and oxygen atoms in total. The van der Waals surface area contributed by atoms with Gasteiger partial charge in [0, 0.05) is 0 Å². The van der Waals surface area contributed by atoms with E-state index in [4.69, 9.17) is 0 Å². The fourth-order valence-electron chi connectivity index (χ4n) is 4.67. The average Bonchev–Trinajstić information content (AvgIpc) is 2.69. The van der Waals surface area contributed by atoms with E-state index in [0.29, 0.717) is 0 Å². The Hall–Kier alpha value is -2.94. The third-order valence-electron chi connectivity index (χ3n) is 5.81. The van der Waals surface area contributed by atoms with Crippen molar-refractivity contribution < 1.29 is 10.2 Å². The Morgan fingerprint density at radius 1 is 0.615 bits per heavy atom. The van der Waals surface area contributed by atoms with Gasteiger partial charge in [0.15, 0.2) is 0 Å². The van der Waals surface area contributed by atoms with Crippen LogP contribution in [0.15, 0.2) is 66.7 Å². The van der Waals surface area contributed by atoms with Gasteiger partial charge in [-0.1, -0.05) is 60.7 Å². The summed E-state index contributed by atoms with van der Waals surface area (Å²) in [6.45, 7) is 0. The van der Waals surface area contributed by atoms with Crippen LogP contribution < -0.4 is 5.22 Å². The van der Waals surface area contributed by atoms with Crippen molar-refractivity contribution in [1.29, 1.82) is 0 Å². The van der Waals surface area contributed by atoms with E-state index in [2.05, 4.69) is 54.6 Å². The lowest BCUT2D eigenvalue weighted by atomic mass is 9.83. The molecule has 0 radical (unpaired) electrons. The highest BCUT2D eigenvalue weighted by molar-refractivity contribution is 6.29. The van der Waals surface area contributed by atoms with Crippen LogP contribution in [-0.2, 0) is 0 Å². The highest BCUT2D eigenvalue weighted by atomic mass is 16.3. The third-order valence-corrected chi connectivity index (χ3v) is 5.81. The summed E-state index contributed by atoms with van der Waals surface area (Å²) >= 11 is 0. The second-order valence-electron chi connectivity index (χ2n) is 7.16. The minimum Gasteiger partial charge on any atom is -0.386 e. The number of hydrogen-bond acceptors (Lipinski definition) is 2. The molecule has 2 unspecified atom stereocenters. The molecule has 5 aromatic carbocycles. The van der Waals surface area contributed by atoms with Crippen LogP contribution in [-0.4, -0.2) is 16.3 Å². The van der Waals surface area contributed by atoms with Gasteiger partial charge in [0.25, 0.3) is 0 Å². The van der Waals surface area contributed by atoms with Gasteiger partial charge in [-0.25, -0.2) is 0 Å². The summed E-state index contributed by atoms with van der Waals surface area (Å²) in [4.78, 5) is 0. The summed E-state index contributed by atoms with van der Waals surface area (Å²) in [5.41, 5.74) is 0.813. The molecule has 1 aliphatic carbocycles. The molecule has 2 atom stereocenters. The number of aliphatic hydroxyl groups excluding tert-OH is 2. The van der Waals surface area contributed by atoms with Crippen molar-refractivity contribution in [3.63, 3.8) is 0 Å². The van der Waals surface area contributed by atoms with Gasteiger partial charge < -0.3 is 10.2 Å². The predicted molar refractivity (Wildman–Crippen MR) is 107 cm³/mol. The zero-order chi connectivity index (χ0) is 17.4. The molecule has 1 aliphatic rings. The second kappa shape index (κ2) is 4.82. The van der Waals surface area contributed by atoms with Crippen LogP contribution in [0.4, 0.5) is 0 Å². The van der Waals surface area contributed by atoms with Crippen molar-refractivity contribution in [2.75, 3.05) is 0 Å². The number of aliphatic hydroxyl groups is 2. The van der Waals surface area contributed by atoms with Crippen molar-refractivity contribution in [2.24, 2.45) is 0 Å². The van der Waals surface area contributed by atoms with E-state index in [9.17, 15) is 10.2 Å². The largest absolute Gasteiger partial charge is 0.386 e. The van der Waals surface area contributed by atoms with Crippen molar-refractivity contribution in [3.05, 3.63) is 77.5 Å². The molecule has 0 heterocycles. The van der Waals surface area contributed by atoms with Gasteiger partial charge in [0.05, 0.1) is 0 Å². The van der Waals surface area contributed by atoms with Crippen LogP contribution in [0.5, 0.6) is 0 Å². The minimum atomic E-state index is -0.886. The maximum Gasteiger partial charge on any atom is 0.109 e. The van der Waals surface area contributed by atoms with Crippen LogP contribution in [0.25, 0.3) is 49.2 Å². The maximum atomic E-state index is 10.6. The summed E-state index contributed by atoms with van der Waals surface area (Å²) < 4.78 is 0. The number of fused-ring (bicyclic) bond motifs is 5. The number of hydrogen-bond donors (Lipinski definition) is 2. The summed E-state index contributed by atoms with van der Waals surface area (Å²) in [5, 5.41) is 31.4. The van der Waals surface area contributed by atoms with Crippen LogP contribution >= 0.6 is 0 Å². The molecule has 124 valence electrons. The average molecular weight is 336 g/mol. The standard InChI is InChI=1S/C24H16O2/c25-21-12-20-16-8-4-3-7-15(16)19-11-13-5-1-2-6-14(13)17-9-10-18(24(21)26)23(20)22(17)19/h1-12,21,24-26H. The van der Waals surface area contributed by atoms with E-state index in [-0.39, 0.29) is 0 Å². The molecule has 0 aliphatic heterocycles. The Bertz CT molecular complexity index is 1410. The Morgan fingerprint density at radius 3 is 2.19 bits per heavy atom. The molecule has 0 fully saturated rings. The molecule has 0 aromatic heterocycles. The van der Waals surface area contributed by atoms with E-state index < -0.39 is 12.2 Å². The quantitative estimate of drug-likeness (QED) is 0.329. The molecule has 2 N–H and O–H groups in total. The van der Waals surface area contributed by atoms with Gasteiger partial charge in [-0.2, -0.15) is 0 Å². The van der Waals surface area contributed by atoms with Gasteiger partial charge in [0.1, 0.15) is 12.2 Å². The highest BCUT2D eigenvalue weighted by Crippen LogP contribution is 2.40. The van der Waals surface area contributed by atoms with E-state index in [1.54, 1.807) is 0 Å². The van der Waals surface area contributed by atoms with Gasteiger partial charge in [-0.3, -0.25) is 0 Å². The van der Waals surface area contributed by atoms with Gasteiger partial charge in [-0.05, 0) is 66.0 Å². The normalized spacial score (nSPS) is 19.5. The fraction of sp³-hybridized carbons (Fsp3) is 0.0833. The minimum absolute atomic E-state index is 0.813. The van der Waals surface area contributed by atoms with Gasteiger partial charge in [-0.15, -0.1) is 0 Å². The van der Waals surface area contributed by atoms with E-state index >= 15 is 0 Å². The summed E-state index contributed by atoms with van der Waals surface area (Å²) in [5.74, 6) is 0. The Balaban J connectivity index is 2.06. The molecule has 2 heteroatoms. The fourth-order valence-corrected chi connectivity index (χ4v) is 4.67. The zero-order valence-corrected chi connectivity index (χ0v) is 14.0. The molecular weight excluding hydrogens is 320 g/mol. The molecular formula is C24H16O2. The SMILES string of the molecule is OC1C=c2c3ccccc3c3cc4ccccc4c4ccc(c2c43)C1O. The lowest BCUT2D eigenvalue weighted by molar-refractivity contribution is 0.0573. The van der Waals surface area contributed by atoms with Crippen molar-refractivity contribution in [2.45, 2.75) is 12.2 Å². The first-order valence-electron chi connectivity index (χ1n) is 8.90. The summed E-state index contributed by atoms with van der Waals surface area (Å²) in [6, 6.07) is 23.1. The van der Waals surface area contributed by atoms with Crippen LogP contribution in [0.3, 0.4) is 0 Å². The molecule has 0 amide bonds. The Labute approximate surface area is 149 Å². The molecule has 6 rings (SSSR count). The lowest BCUT2D eigenvalue weighted by Crippen LogP contribution is -2.26. The number of rotatable bonds is 0. The number of benzene rings is 5. The second-order valence-corrected chi connectivity index (χ2v) is 7.16. The van der Waals surface area contributed by atoms with Crippen molar-refractivity contribution in [3.8, 4) is 0 Å². The zero-order valence-electron chi connectivity index (χ0n) is 14.0. The van der Waals surface area contributed by atoms with Gasteiger partial charge in [0.2, 0.25) is 0 Å². The smallest absolute Gasteiger partial charge is 0.109 e. The Morgan fingerprint density at radius 2 is 1.35 bits per heavy atom. The molecule has 26 heavy (non-hydrogen) atoms. The molecule has 0 spiro atoms. The first-order valence-corrected chi connectivity index (χ1v) is 8.90. The third kappa shape index (κ3) is 1.63. The van der Waals surface area contributed by atoms with E-state index in [0.717, 1.165) is 21.6 Å². The topological polar surface area (TPSA) is 40.5 Å². The summed E-state index contributed by atoms with van der Waals surface area (Å²) in [7, 11) is 0. The predicted octanol–water partition coefficient (Wildman–Crippen LogP) is 4.21. The summed E-state index contributed by atoms with van der Waals surface area (Å²) in [6.07, 6.45) is 0.0383. The van der Waals surface area contributed by atoms with Gasteiger partial charge >= 0.3 is 0 Å². The Kier molecular flexibility index (Phi) is 2.64. The highest BCUT2D eigenvalue weighted by Gasteiger charge is 2.26. The van der Waals surface area contributed by atoms with Crippen molar-refractivity contribution >= 4 is 49.2 Å². The molecule has 0 bridgehead atoms. The van der Waals surface area contributed by atoms with Crippen LogP contribution in [0.1, 0.15) is 11.7 Å². The van der Waals surface area contributed by atoms with Crippen LogP contribution in [0.2, 0.25) is 0 Å². The first kappa shape index (κ1) is 14.3. The molecule has 0 saturated carbocycles. The molecule has 5 aromatic rings. The molecule has 0 saturated heterocycles.